The number of hydrogen-bond donors (Lipinski definition) is 5. The van der Waals surface area contributed by atoms with Crippen LogP contribution in [0.15, 0.2) is 12.5 Å². The molecule has 7 N–H and O–H groups in total. The van der Waals surface area contributed by atoms with E-state index in [1.165, 1.54) is 17.4 Å². The van der Waals surface area contributed by atoms with Gasteiger partial charge in [0.2, 0.25) is 23.6 Å². The van der Waals surface area contributed by atoms with Crippen LogP contribution in [0.25, 0.3) is 0 Å². The van der Waals surface area contributed by atoms with Gasteiger partial charge < -0.3 is 32.0 Å². The van der Waals surface area contributed by atoms with Crippen molar-refractivity contribution in [3.63, 3.8) is 0 Å². The fourth-order valence-corrected chi connectivity index (χ4v) is 3.80. The maximum atomic E-state index is 13.2. The van der Waals surface area contributed by atoms with E-state index in [1.54, 1.807) is 0 Å². The quantitative estimate of drug-likeness (QED) is 0.291. The van der Waals surface area contributed by atoms with Crippen molar-refractivity contribution in [3.05, 3.63) is 18.2 Å². The second-order valence-corrected chi connectivity index (χ2v) is 7.47. The molecule has 3 rings (SSSR count). The molecule has 3 atom stereocenters. The van der Waals surface area contributed by atoms with E-state index < -0.39 is 47.8 Å². The Balaban J connectivity index is 1.73. The Bertz CT molecular complexity index is 839. The van der Waals surface area contributed by atoms with Crippen LogP contribution in [0.3, 0.4) is 0 Å². The van der Waals surface area contributed by atoms with Gasteiger partial charge in [0.15, 0.2) is 0 Å². The molecule has 1 aromatic heterocycles. The second-order valence-electron chi connectivity index (χ2n) is 7.47. The zero-order valence-electron chi connectivity index (χ0n) is 16.9. The van der Waals surface area contributed by atoms with Gasteiger partial charge in [-0.15, -0.1) is 0 Å². The Hall–Kier alpha value is -3.48. The number of imidazole rings is 1. The second kappa shape index (κ2) is 9.55. The number of urea groups is 1. The van der Waals surface area contributed by atoms with E-state index in [9.17, 15) is 24.0 Å². The lowest BCUT2D eigenvalue weighted by Crippen LogP contribution is -2.62. The number of aromatic nitrogens is 2. The molecule has 0 spiro atoms. The van der Waals surface area contributed by atoms with Crippen molar-refractivity contribution in [3.8, 4) is 0 Å². The highest BCUT2D eigenvalue weighted by Crippen LogP contribution is 2.19. The molecule has 0 aromatic carbocycles. The first-order chi connectivity index (χ1) is 14.8. The summed E-state index contributed by atoms with van der Waals surface area (Å²) in [7, 11) is 0. The predicted molar refractivity (Wildman–Crippen MR) is 106 cm³/mol. The van der Waals surface area contributed by atoms with Crippen LogP contribution < -0.4 is 22.1 Å². The molecule has 6 amide bonds. The fraction of sp³-hybridized carbons (Fsp3) is 0.556. The monoisotopic (exact) mass is 434 g/mol. The first-order valence-electron chi connectivity index (χ1n) is 10.00. The minimum absolute atomic E-state index is 0.0450. The standard InChI is InChI=1S/C18H26N8O5/c19-3-5-26-14(27)7-11(24-18(26)31)16(29)23-12(6-10-8-21-9-22-10)17(30)25-4-1-2-13(25)15(20)28/h8-9,11-13H,1-7,19H2,(H2,20,28)(H,21,22)(H,23,29)(H,24,31)/t11?,12-,13-/m0/s1. The highest BCUT2D eigenvalue weighted by atomic mass is 16.2. The van der Waals surface area contributed by atoms with Gasteiger partial charge >= 0.3 is 6.03 Å². The third-order valence-corrected chi connectivity index (χ3v) is 5.35. The molecule has 2 fully saturated rings. The molecule has 0 bridgehead atoms. The Morgan fingerprint density at radius 3 is 2.71 bits per heavy atom. The molecule has 0 radical (unpaired) electrons. The number of H-pyrrole nitrogens is 1. The van der Waals surface area contributed by atoms with Crippen molar-refractivity contribution >= 4 is 29.7 Å². The molecular formula is C18H26N8O5. The topological polar surface area (TPSA) is 197 Å². The highest BCUT2D eigenvalue weighted by Gasteiger charge is 2.39. The molecule has 13 nitrogen and oxygen atoms in total. The molecule has 2 saturated heterocycles. The van der Waals surface area contributed by atoms with Gasteiger partial charge in [-0.2, -0.15) is 0 Å². The number of primary amides is 1. The summed E-state index contributed by atoms with van der Waals surface area (Å²) < 4.78 is 0. The van der Waals surface area contributed by atoms with Gasteiger partial charge in [0, 0.05) is 37.9 Å². The lowest BCUT2D eigenvalue weighted by atomic mass is 10.1. The van der Waals surface area contributed by atoms with E-state index in [2.05, 4.69) is 20.6 Å². The molecule has 0 saturated carbocycles. The number of carbonyl (C=O) groups excluding carboxylic acids is 5. The normalized spacial score (nSPS) is 22.2. The van der Waals surface area contributed by atoms with E-state index in [0.29, 0.717) is 25.1 Å². The third kappa shape index (κ3) is 4.99. The molecule has 2 aliphatic heterocycles. The number of hydrogen-bond acceptors (Lipinski definition) is 7. The van der Waals surface area contributed by atoms with Crippen molar-refractivity contribution in [2.45, 2.75) is 43.8 Å². The summed E-state index contributed by atoms with van der Waals surface area (Å²) in [5.74, 6) is -2.29. The van der Waals surface area contributed by atoms with Crippen LogP contribution in [0.5, 0.6) is 0 Å². The summed E-state index contributed by atoms with van der Waals surface area (Å²) >= 11 is 0. The van der Waals surface area contributed by atoms with Crippen molar-refractivity contribution in [2.24, 2.45) is 11.5 Å². The summed E-state index contributed by atoms with van der Waals surface area (Å²) in [6.07, 6.45) is 3.85. The zero-order valence-corrected chi connectivity index (χ0v) is 16.9. The maximum absolute atomic E-state index is 13.2. The smallest absolute Gasteiger partial charge is 0.324 e. The first kappa shape index (κ1) is 22.2. The zero-order chi connectivity index (χ0) is 22.5. The third-order valence-electron chi connectivity index (χ3n) is 5.35. The molecule has 31 heavy (non-hydrogen) atoms. The minimum Gasteiger partial charge on any atom is -0.368 e. The maximum Gasteiger partial charge on any atom is 0.324 e. The van der Waals surface area contributed by atoms with Crippen molar-refractivity contribution in [1.82, 2.24) is 30.4 Å². The van der Waals surface area contributed by atoms with Crippen LogP contribution >= 0.6 is 0 Å². The number of nitrogens with one attached hydrogen (secondary N) is 3. The van der Waals surface area contributed by atoms with Gasteiger partial charge in [-0.1, -0.05) is 0 Å². The van der Waals surface area contributed by atoms with E-state index in [4.69, 9.17) is 11.5 Å². The summed E-state index contributed by atoms with van der Waals surface area (Å²) in [6.45, 7) is 0.492. The molecule has 3 heterocycles. The van der Waals surface area contributed by atoms with Crippen LogP contribution in [-0.2, 0) is 25.6 Å². The molecule has 1 unspecified atom stereocenters. The number of nitrogens with zero attached hydrogens (tertiary/aromatic N) is 3. The summed E-state index contributed by atoms with van der Waals surface area (Å²) in [6, 6.07) is -3.63. The SMILES string of the molecule is NCCN1C(=O)CC(C(=O)N[C@@H](Cc2cnc[nH]2)C(=O)N2CCC[C@H]2C(N)=O)NC1=O. The van der Waals surface area contributed by atoms with Gasteiger partial charge in [0.25, 0.3) is 0 Å². The number of carbonyl (C=O) groups is 5. The summed E-state index contributed by atoms with van der Waals surface area (Å²) in [5.41, 5.74) is 11.4. The van der Waals surface area contributed by atoms with E-state index in [0.717, 1.165) is 4.90 Å². The molecule has 13 heteroatoms. The number of aromatic amines is 1. The van der Waals surface area contributed by atoms with Gasteiger partial charge in [0.1, 0.15) is 18.1 Å². The lowest BCUT2D eigenvalue weighted by molar-refractivity contribution is -0.141. The van der Waals surface area contributed by atoms with Gasteiger partial charge in [-0.25, -0.2) is 9.78 Å². The molecule has 2 aliphatic rings. The molecule has 1 aromatic rings. The Morgan fingerprint density at radius 1 is 1.32 bits per heavy atom. The Morgan fingerprint density at radius 2 is 2.10 bits per heavy atom. The van der Waals surface area contributed by atoms with Crippen LogP contribution in [0.4, 0.5) is 4.79 Å². The van der Waals surface area contributed by atoms with Gasteiger partial charge in [-0.05, 0) is 12.8 Å². The van der Waals surface area contributed by atoms with Crippen LogP contribution in [0, 0.1) is 0 Å². The van der Waals surface area contributed by atoms with E-state index in [-0.39, 0.29) is 25.9 Å². The van der Waals surface area contributed by atoms with Crippen LogP contribution in [0.2, 0.25) is 0 Å². The summed E-state index contributed by atoms with van der Waals surface area (Å²) in [4.78, 5) is 71.1. The number of amides is 6. The van der Waals surface area contributed by atoms with Crippen molar-refractivity contribution < 1.29 is 24.0 Å². The molecular weight excluding hydrogens is 408 g/mol. The van der Waals surface area contributed by atoms with Crippen molar-refractivity contribution in [2.75, 3.05) is 19.6 Å². The van der Waals surface area contributed by atoms with Gasteiger partial charge in [0.05, 0.1) is 12.7 Å². The molecule has 168 valence electrons. The van der Waals surface area contributed by atoms with Crippen molar-refractivity contribution in [1.29, 1.82) is 0 Å². The molecule has 0 aliphatic carbocycles. The van der Waals surface area contributed by atoms with E-state index in [1.807, 2.05) is 0 Å². The number of likely N-dealkylation sites (tertiary alicyclic amines) is 1. The average molecular weight is 434 g/mol. The van der Waals surface area contributed by atoms with E-state index >= 15 is 0 Å². The predicted octanol–water partition coefficient (Wildman–Crippen LogP) is -2.82. The largest absolute Gasteiger partial charge is 0.368 e. The van der Waals surface area contributed by atoms with Gasteiger partial charge in [-0.3, -0.25) is 24.1 Å². The highest BCUT2D eigenvalue weighted by molar-refractivity contribution is 6.03. The average Bonchev–Trinajstić information content (AvgIpc) is 3.41. The number of nitrogens with two attached hydrogens (primary N) is 2. The van der Waals surface area contributed by atoms with Crippen LogP contribution in [-0.4, -0.2) is 87.2 Å². The first-order valence-corrected chi connectivity index (χ1v) is 10.00. The number of imide groups is 1. The lowest BCUT2D eigenvalue weighted by Gasteiger charge is -2.32. The number of rotatable bonds is 8. The Kier molecular flexibility index (Phi) is 6.84. The van der Waals surface area contributed by atoms with Crippen LogP contribution in [0.1, 0.15) is 25.0 Å². The Labute approximate surface area is 177 Å². The minimum atomic E-state index is -1.13. The summed E-state index contributed by atoms with van der Waals surface area (Å²) in [5, 5.41) is 5.07. The fourth-order valence-electron chi connectivity index (χ4n) is 3.80.